The highest BCUT2D eigenvalue weighted by Crippen LogP contribution is 2.26. The van der Waals surface area contributed by atoms with Gasteiger partial charge in [0.05, 0.1) is 24.3 Å². The summed E-state index contributed by atoms with van der Waals surface area (Å²) in [4.78, 5) is 5.25. The number of aromatic nitrogens is 1. The zero-order valence-electron chi connectivity index (χ0n) is 9.01. The molecule has 2 aromatic rings. The molecule has 16 heavy (non-hydrogen) atoms. The molecule has 0 saturated heterocycles. The topological polar surface area (TPSA) is 46.3 Å². The molecule has 0 atom stereocenters. The zero-order valence-corrected chi connectivity index (χ0v) is 9.83. The molecule has 0 fully saturated rings. The van der Waals surface area contributed by atoms with E-state index in [0.717, 1.165) is 27.7 Å². The lowest BCUT2D eigenvalue weighted by Crippen LogP contribution is -1.94. The number of aliphatic hydroxyl groups is 1. The van der Waals surface area contributed by atoms with Crippen LogP contribution in [0.1, 0.15) is 17.0 Å². The van der Waals surface area contributed by atoms with E-state index in [2.05, 4.69) is 4.98 Å². The molecular formula is C12H13NO2S. The van der Waals surface area contributed by atoms with Gasteiger partial charge in [0.2, 0.25) is 0 Å². The van der Waals surface area contributed by atoms with Gasteiger partial charge in [-0.15, -0.1) is 11.8 Å². The molecule has 0 aliphatic heterocycles. The number of hydrogen-bond donors (Lipinski definition) is 1. The Labute approximate surface area is 98.5 Å². The Morgan fingerprint density at radius 1 is 1.44 bits per heavy atom. The van der Waals surface area contributed by atoms with E-state index in [1.165, 1.54) is 0 Å². The van der Waals surface area contributed by atoms with Crippen molar-refractivity contribution in [3.05, 3.63) is 47.7 Å². The maximum absolute atomic E-state index is 9.10. The lowest BCUT2D eigenvalue weighted by atomic mass is 10.2. The number of rotatable bonds is 4. The van der Waals surface area contributed by atoms with E-state index in [4.69, 9.17) is 9.52 Å². The first-order chi connectivity index (χ1) is 7.81. The fraction of sp³-hybridized carbons (Fsp3) is 0.250. The molecule has 0 aliphatic rings. The van der Waals surface area contributed by atoms with Gasteiger partial charge in [0.1, 0.15) is 5.76 Å². The summed E-state index contributed by atoms with van der Waals surface area (Å²) in [5.74, 6) is 1.75. The standard InChI is InChI=1S/C12H13NO2S/c1-9-11(7-14)13-5-4-12(9)16-8-10-3-2-6-15-10/h2-6,14H,7-8H2,1H3. The summed E-state index contributed by atoms with van der Waals surface area (Å²) >= 11 is 1.69. The van der Waals surface area contributed by atoms with Crippen molar-refractivity contribution in [2.45, 2.75) is 24.2 Å². The minimum absolute atomic E-state index is 0.0129. The summed E-state index contributed by atoms with van der Waals surface area (Å²) in [5, 5.41) is 9.10. The third-order valence-corrected chi connectivity index (χ3v) is 3.54. The average molecular weight is 235 g/mol. The molecule has 2 rings (SSSR count). The molecular weight excluding hydrogens is 222 g/mol. The van der Waals surface area contributed by atoms with Crippen LogP contribution in [0.15, 0.2) is 40.0 Å². The smallest absolute Gasteiger partial charge is 0.113 e. The fourth-order valence-corrected chi connectivity index (χ4v) is 2.37. The lowest BCUT2D eigenvalue weighted by molar-refractivity contribution is 0.275. The summed E-state index contributed by atoms with van der Waals surface area (Å²) in [6.45, 7) is 1.96. The lowest BCUT2D eigenvalue weighted by Gasteiger charge is -2.07. The third-order valence-electron chi connectivity index (χ3n) is 2.36. The Bertz CT molecular complexity index is 454. The summed E-state index contributed by atoms with van der Waals surface area (Å²) in [5.41, 5.74) is 1.78. The van der Waals surface area contributed by atoms with E-state index < -0.39 is 0 Å². The SMILES string of the molecule is Cc1c(SCc2ccco2)ccnc1CO. The Morgan fingerprint density at radius 3 is 3.00 bits per heavy atom. The molecule has 0 unspecified atom stereocenters. The molecule has 0 aliphatic carbocycles. The number of hydrogen-bond acceptors (Lipinski definition) is 4. The zero-order chi connectivity index (χ0) is 11.4. The Morgan fingerprint density at radius 2 is 2.31 bits per heavy atom. The molecule has 0 saturated carbocycles. The maximum atomic E-state index is 9.10. The van der Waals surface area contributed by atoms with Crippen molar-refractivity contribution >= 4 is 11.8 Å². The monoisotopic (exact) mass is 235 g/mol. The Kier molecular flexibility index (Phi) is 3.64. The van der Waals surface area contributed by atoms with Gasteiger partial charge < -0.3 is 9.52 Å². The van der Waals surface area contributed by atoms with Crippen LogP contribution >= 0.6 is 11.8 Å². The van der Waals surface area contributed by atoms with Crippen molar-refractivity contribution in [2.75, 3.05) is 0 Å². The summed E-state index contributed by atoms with van der Waals surface area (Å²) < 4.78 is 5.27. The highest BCUT2D eigenvalue weighted by atomic mass is 32.2. The van der Waals surface area contributed by atoms with Crippen molar-refractivity contribution < 1.29 is 9.52 Å². The second-order valence-electron chi connectivity index (χ2n) is 3.41. The molecule has 2 aromatic heterocycles. The number of furan rings is 1. The number of nitrogens with zero attached hydrogens (tertiary/aromatic N) is 1. The van der Waals surface area contributed by atoms with Crippen molar-refractivity contribution in [2.24, 2.45) is 0 Å². The molecule has 3 nitrogen and oxygen atoms in total. The second-order valence-corrected chi connectivity index (χ2v) is 4.42. The number of aliphatic hydroxyl groups excluding tert-OH is 1. The number of thioether (sulfide) groups is 1. The van der Waals surface area contributed by atoms with Crippen LogP contribution in [0.4, 0.5) is 0 Å². The second kappa shape index (κ2) is 5.18. The van der Waals surface area contributed by atoms with Gasteiger partial charge in [0.25, 0.3) is 0 Å². The Hall–Kier alpha value is -1.26. The first-order valence-corrected chi connectivity index (χ1v) is 6.00. The maximum Gasteiger partial charge on any atom is 0.113 e. The quantitative estimate of drug-likeness (QED) is 0.828. The van der Waals surface area contributed by atoms with E-state index in [1.54, 1.807) is 24.2 Å². The van der Waals surface area contributed by atoms with Gasteiger partial charge in [0.15, 0.2) is 0 Å². The van der Waals surface area contributed by atoms with E-state index in [0.29, 0.717) is 0 Å². The Balaban J connectivity index is 2.09. The van der Waals surface area contributed by atoms with E-state index >= 15 is 0 Å². The minimum atomic E-state index is -0.0129. The highest BCUT2D eigenvalue weighted by molar-refractivity contribution is 7.98. The predicted octanol–water partition coefficient (Wildman–Crippen LogP) is 2.77. The van der Waals surface area contributed by atoms with Crippen molar-refractivity contribution in [3.8, 4) is 0 Å². The third kappa shape index (κ3) is 2.46. The van der Waals surface area contributed by atoms with E-state index in [1.807, 2.05) is 25.1 Å². The minimum Gasteiger partial charge on any atom is -0.468 e. The molecule has 0 spiro atoms. The molecule has 2 heterocycles. The van der Waals surface area contributed by atoms with E-state index in [9.17, 15) is 0 Å². The molecule has 0 radical (unpaired) electrons. The van der Waals surface area contributed by atoms with Crippen LogP contribution in [0.2, 0.25) is 0 Å². The summed E-state index contributed by atoms with van der Waals surface area (Å²) in [6, 6.07) is 5.80. The average Bonchev–Trinajstić information content (AvgIpc) is 2.81. The first kappa shape index (κ1) is 11.2. The van der Waals surface area contributed by atoms with Crippen molar-refractivity contribution in [1.29, 1.82) is 0 Å². The van der Waals surface area contributed by atoms with Gasteiger partial charge in [-0.3, -0.25) is 4.98 Å². The van der Waals surface area contributed by atoms with Gasteiger partial charge in [0, 0.05) is 11.1 Å². The molecule has 4 heteroatoms. The highest BCUT2D eigenvalue weighted by Gasteiger charge is 2.05. The van der Waals surface area contributed by atoms with Crippen LogP contribution in [0.3, 0.4) is 0 Å². The molecule has 0 aromatic carbocycles. The number of pyridine rings is 1. The van der Waals surface area contributed by atoms with Crippen molar-refractivity contribution in [3.63, 3.8) is 0 Å². The van der Waals surface area contributed by atoms with Crippen LogP contribution in [0.5, 0.6) is 0 Å². The summed E-state index contributed by atoms with van der Waals surface area (Å²) in [6.07, 6.45) is 3.40. The van der Waals surface area contributed by atoms with Crippen LogP contribution in [-0.2, 0) is 12.4 Å². The van der Waals surface area contributed by atoms with Crippen LogP contribution in [0.25, 0.3) is 0 Å². The normalized spacial score (nSPS) is 10.6. The van der Waals surface area contributed by atoms with Gasteiger partial charge in [-0.25, -0.2) is 0 Å². The van der Waals surface area contributed by atoms with Crippen molar-refractivity contribution in [1.82, 2.24) is 4.98 Å². The molecule has 84 valence electrons. The summed E-state index contributed by atoms with van der Waals surface area (Å²) in [7, 11) is 0. The first-order valence-electron chi connectivity index (χ1n) is 5.02. The van der Waals surface area contributed by atoms with Gasteiger partial charge in [-0.2, -0.15) is 0 Å². The van der Waals surface area contributed by atoms with E-state index in [-0.39, 0.29) is 6.61 Å². The van der Waals surface area contributed by atoms with Crippen LogP contribution < -0.4 is 0 Å². The van der Waals surface area contributed by atoms with Gasteiger partial charge >= 0.3 is 0 Å². The predicted molar refractivity (Wildman–Crippen MR) is 63.2 cm³/mol. The van der Waals surface area contributed by atoms with Crippen LogP contribution in [-0.4, -0.2) is 10.1 Å². The van der Waals surface area contributed by atoms with Gasteiger partial charge in [-0.1, -0.05) is 0 Å². The fourth-order valence-electron chi connectivity index (χ4n) is 1.42. The molecule has 0 bridgehead atoms. The largest absolute Gasteiger partial charge is 0.468 e. The van der Waals surface area contributed by atoms with Gasteiger partial charge in [-0.05, 0) is 30.7 Å². The molecule has 0 amide bonds. The van der Waals surface area contributed by atoms with Crippen LogP contribution in [0, 0.1) is 6.92 Å². The molecule has 1 N–H and O–H groups in total.